The predicted octanol–water partition coefficient (Wildman–Crippen LogP) is 3.82. The second-order valence-electron chi connectivity index (χ2n) is 4.92. The van der Waals surface area contributed by atoms with Crippen LogP contribution in [0.5, 0.6) is 0 Å². The quantitative estimate of drug-likeness (QED) is 0.891. The summed E-state index contributed by atoms with van der Waals surface area (Å²) in [6.45, 7) is 0. The summed E-state index contributed by atoms with van der Waals surface area (Å²) in [6.07, 6.45) is 2.81. The third-order valence-electron chi connectivity index (χ3n) is 3.63. The van der Waals surface area contributed by atoms with Gasteiger partial charge in [-0.3, -0.25) is 9.59 Å². The highest BCUT2D eigenvalue weighted by molar-refractivity contribution is 6.39. The Morgan fingerprint density at radius 2 is 1.65 bits per heavy atom. The lowest BCUT2D eigenvalue weighted by Crippen LogP contribution is -2.36. The molecular weight excluding hydrogens is 301 g/mol. The predicted molar refractivity (Wildman–Crippen MR) is 78.2 cm³/mol. The number of hydrogen-bond donors (Lipinski definition) is 2. The number of carbonyl (C=O) groups is 2. The van der Waals surface area contributed by atoms with E-state index in [0.717, 1.165) is 12.8 Å². The number of amides is 1. The summed E-state index contributed by atoms with van der Waals surface area (Å²) in [4.78, 5) is 23.5. The summed E-state index contributed by atoms with van der Waals surface area (Å²) in [5, 5.41) is 12.6. The average molecular weight is 316 g/mol. The largest absolute Gasteiger partial charge is 0.481 e. The number of para-hydroxylation sites is 1. The zero-order chi connectivity index (χ0) is 14.7. The molecule has 2 atom stereocenters. The molecule has 0 radical (unpaired) electrons. The lowest BCUT2D eigenvalue weighted by Gasteiger charge is -2.27. The van der Waals surface area contributed by atoms with Gasteiger partial charge in [-0.2, -0.15) is 0 Å². The molecule has 0 saturated heterocycles. The van der Waals surface area contributed by atoms with Crippen molar-refractivity contribution in [3.63, 3.8) is 0 Å². The Bertz CT molecular complexity index is 513. The van der Waals surface area contributed by atoms with Gasteiger partial charge in [0.15, 0.2) is 0 Å². The molecule has 1 fully saturated rings. The van der Waals surface area contributed by atoms with E-state index in [1.54, 1.807) is 18.2 Å². The number of benzene rings is 1. The van der Waals surface area contributed by atoms with Gasteiger partial charge in [0.1, 0.15) is 0 Å². The fourth-order valence-electron chi connectivity index (χ4n) is 2.57. The molecule has 0 bridgehead atoms. The number of carboxylic acids is 1. The van der Waals surface area contributed by atoms with Crippen LogP contribution >= 0.6 is 23.2 Å². The smallest absolute Gasteiger partial charge is 0.307 e. The highest BCUT2D eigenvalue weighted by Gasteiger charge is 2.36. The highest BCUT2D eigenvalue weighted by atomic mass is 35.5. The molecule has 4 nitrogen and oxygen atoms in total. The van der Waals surface area contributed by atoms with Crippen LogP contribution in [0.15, 0.2) is 18.2 Å². The summed E-state index contributed by atoms with van der Waals surface area (Å²) in [6, 6.07) is 4.93. The zero-order valence-corrected chi connectivity index (χ0v) is 12.2. The molecule has 1 aliphatic carbocycles. The van der Waals surface area contributed by atoms with E-state index in [1.165, 1.54) is 0 Å². The van der Waals surface area contributed by atoms with Crippen molar-refractivity contribution in [2.24, 2.45) is 11.8 Å². The Kier molecular flexibility index (Phi) is 4.89. The minimum atomic E-state index is -0.921. The van der Waals surface area contributed by atoms with Crippen molar-refractivity contribution in [2.75, 3.05) is 5.32 Å². The van der Waals surface area contributed by atoms with Gasteiger partial charge >= 0.3 is 5.97 Å². The Morgan fingerprint density at radius 3 is 2.20 bits per heavy atom. The van der Waals surface area contributed by atoms with E-state index >= 15 is 0 Å². The number of halogens is 2. The fourth-order valence-corrected chi connectivity index (χ4v) is 3.07. The van der Waals surface area contributed by atoms with E-state index in [0.29, 0.717) is 28.6 Å². The molecule has 108 valence electrons. The van der Waals surface area contributed by atoms with Crippen LogP contribution in [0.2, 0.25) is 10.0 Å². The van der Waals surface area contributed by atoms with E-state index in [9.17, 15) is 14.7 Å². The standard InChI is InChI=1S/C14H15Cl2NO3/c15-10-6-3-7-11(16)12(10)17-13(18)8-4-1-2-5-9(8)14(19)20/h3,6-9H,1-2,4-5H2,(H,17,18)(H,19,20)/t8-,9+/m1/s1. The second kappa shape index (κ2) is 6.46. The third kappa shape index (κ3) is 3.25. The van der Waals surface area contributed by atoms with Crippen molar-refractivity contribution in [2.45, 2.75) is 25.7 Å². The van der Waals surface area contributed by atoms with Crippen LogP contribution in [0.25, 0.3) is 0 Å². The van der Waals surface area contributed by atoms with E-state index in [4.69, 9.17) is 23.2 Å². The minimum Gasteiger partial charge on any atom is -0.481 e. The SMILES string of the molecule is O=C(O)[C@H]1CCCC[C@H]1C(=O)Nc1c(Cl)cccc1Cl. The maximum absolute atomic E-state index is 12.3. The van der Waals surface area contributed by atoms with Crippen LogP contribution in [0, 0.1) is 11.8 Å². The van der Waals surface area contributed by atoms with E-state index in [2.05, 4.69) is 5.32 Å². The minimum absolute atomic E-state index is 0.327. The summed E-state index contributed by atoms with van der Waals surface area (Å²) in [5.41, 5.74) is 0.343. The normalized spacial score (nSPS) is 22.3. The van der Waals surface area contributed by atoms with E-state index in [1.807, 2.05) is 0 Å². The lowest BCUT2D eigenvalue weighted by molar-refractivity contribution is -0.147. The van der Waals surface area contributed by atoms with Crippen molar-refractivity contribution < 1.29 is 14.7 Å². The third-order valence-corrected chi connectivity index (χ3v) is 4.26. The first-order chi connectivity index (χ1) is 9.50. The van der Waals surface area contributed by atoms with Crippen molar-refractivity contribution in [3.8, 4) is 0 Å². The monoisotopic (exact) mass is 315 g/mol. The summed E-state index contributed by atoms with van der Waals surface area (Å²) < 4.78 is 0. The number of hydrogen-bond acceptors (Lipinski definition) is 2. The molecule has 1 aliphatic rings. The van der Waals surface area contributed by atoms with Crippen molar-refractivity contribution in [3.05, 3.63) is 28.2 Å². The van der Waals surface area contributed by atoms with Gasteiger partial charge in [-0.15, -0.1) is 0 Å². The Balaban J connectivity index is 2.16. The fraction of sp³-hybridized carbons (Fsp3) is 0.429. The number of nitrogens with one attached hydrogen (secondary N) is 1. The lowest BCUT2D eigenvalue weighted by atomic mass is 9.78. The topological polar surface area (TPSA) is 66.4 Å². The molecule has 0 heterocycles. The van der Waals surface area contributed by atoms with Gasteiger partial charge in [-0.1, -0.05) is 42.1 Å². The molecule has 6 heteroatoms. The number of carboxylic acid groups (broad SMARTS) is 1. The van der Waals surface area contributed by atoms with Crippen LogP contribution < -0.4 is 5.32 Å². The van der Waals surface area contributed by atoms with Gasteiger partial charge in [-0.25, -0.2) is 0 Å². The Labute approximate surface area is 127 Å². The van der Waals surface area contributed by atoms with Gasteiger partial charge in [0.05, 0.1) is 27.6 Å². The summed E-state index contributed by atoms with van der Waals surface area (Å²) in [5.74, 6) is -2.42. The summed E-state index contributed by atoms with van der Waals surface area (Å²) >= 11 is 12.0. The van der Waals surface area contributed by atoms with Crippen LogP contribution in [0.3, 0.4) is 0 Å². The van der Waals surface area contributed by atoms with Crippen LogP contribution in [0.4, 0.5) is 5.69 Å². The van der Waals surface area contributed by atoms with Gasteiger partial charge in [-0.05, 0) is 25.0 Å². The first-order valence-electron chi connectivity index (χ1n) is 6.48. The Morgan fingerprint density at radius 1 is 1.10 bits per heavy atom. The molecule has 0 spiro atoms. The molecule has 20 heavy (non-hydrogen) atoms. The van der Waals surface area contributed by atoms with Gasteiger partial charge in [0.25, 0.3) is 0 Å². The average Bonchev–Trinajstić information content (AvgIpc) is 2.43. The first kappa shape index (κ1) is 15.1. The molecule has 1 saturated carbocycles. The van der Waals surface area contributed by atoms with Gasteiger partial charge in [0.2, 0.25) is 5.91 Å². The molecule has 1 aromatic carbocycles. The van der Waals surface area contributed by atoms with Crippen molar-refractivity contribution in [1.29, 1.82) is 0 Å². The Hall–Kier alpha value is -1.26. The molecule has 1 amide bonds. The molecule has 0 aliphatic heterocycles. The molecule has 2 rings (SSSR count). The van der Waals surface area contributed by atoms with Crippen molar-refractivity contribution >= 4 is 40.8 Å². The highest BCUT2D eigenvalue weighted by Crippen LogP contribution is 2.34. The maximum atomic E-state index is 12.3. The first-order valence-corrected chi connectivity index (χ1v) is 7.24. The van der Waals surface area contributed by atoms with Crippen LogP contribution in [0.1, 0.15) is 25.7 Å². The molecule has 1 aromatic rings. The molecule has 0 unspecified atom stereocenters. The molecule has 0 aromatic heterocycles. The van der Waals surface area contributed by atoms with Crippen LogP contribution in [-0.4, -0.2) is 17.0 Å². The molecular formula is C14H15Cl2NO3. The van der Waals surface area contributed by atoms with Crippen LogP contribution in [-0.2, 0) is 9.59 Å². The number of rotatable bonds is 3. The second-order valence-corrected chi connectivity index (χ2v) is 5.74. The van der Waals surface area contributed by atoms with Gasteiger partial charge < -0.3 is 10.4 Å². The number of carbonyl (C=O) groups excluding carboxylic acids is 1. The van der Waals surface area contributed by atoms with Crippen molar-refractivity contribution in [1.82, 2.24) is 0 Å². The molecule has 2 N–H and O–H groups in total. The zero-order valence-electron chi connectivity index (χ0n) is 10.7. The van der Waals surface area contributed by atoms with E-state index < -0.39 is 17.8 Å². The maximum Gasteiger partial charge on any atom is 0.307 e. The number of aliphatic carboxylic acids is 1. The van der Waals surface area contributed by atoms with Gasteiger partial charge in [0, 0.05) is 0 Å². The van der Waals surface area contributed by atoms with E-state index in [-0.39, 0.29) is 5.91 Å². The summed E-state index contributed by atoms with van der Waals surface area (Å²) in [7, 11) is 0. The number of anilines is 1.